The average Bonchev–Trinajstić information content (AvgIpc) is 2.43. The summed E-state index contributed by atoms with van der Waals surface area (Å²) in [6, 6.07) is 14.6. The minimum absolute atomic E-state index is 0.157. The normalized spacial score (nSPS) is 11.8. The van der Waals surface area contributed by atoms with Crippen molar-refractivity contribution in [1.82, 2.24) is 5.32 Å². The fourth-order valence-electron chi connectivity index (χ4n) is 2.02. The molecule has 0 radical (unpaired) electrons. The molecule has 0 spiro atoms. The predicted molar refractivity (Wildman–Crippen MR) is 97.8 cm³/mol. The van der Waals surface area contributed by atoms with Gasteiger partial charge in [-0.25, -0.2) is 0 Å². The number of halogens is 1. The van der Waals surface area contributed by atoms with E-state index in [1.165, 1.54) is 16.7 Å². The largest absolute Gasteiger partial charge is 0.356 e. The number of anilines is 1. The highest BCUT2D eigenvalue weighted by Crippen LogP contribution is 2.17. The Kier molecular flexibility index (Phi) is 5.37. The molecule has 0 unspecified atom stereocenters. The summed E-state index contributed by atoms with van der Waals surface area (Å²) in [5.74, 6) is 0. The Morgan fingerprint density at radius 1 is 1.05 bits per heavy atom. The molecule has 0 heterocycles. The molecule has 21 heavy (non-hydrogen) atoms. The molecule has 4 heteroatoms. The van der Waals surface area contributed by atoms with Crippen molar-refractivity contribution in [3.05, 3.63) is 63.6 Å². The average molecular weight is 363 g/mol. The molecule has 0 aliphatic carbocycles. The van der Waals surface area contributed by atoms with Crippen molar-refractivity contribution in [3.63, 3.8) is 0 Å². The van der Waals surface area contributed by atoms with Gasteiger partial charge in [-0.15, -0.1) is 0 Å². The van der Waals surface area contributed by atoms with E-state index in [0.29, 0.717) is 5.11 Å². The lowest BCUT2D eigenvalue weighted by Gasteiger charge is -2.18. The molecular weight excluding hydrogens is 344 g/mol. The number of hydrogen-bond acceptors (Lipinski definition) is 1. The Morgan fingerprint density at radius 2 is 1.71 bits per heavy atom. The molecule has 0 aromatic heterocycles. The molecule has 2 nitrogen and oxygen atoms in total. The fourth-order valence-corrected chi connectivity index (χ4v) is 2.58. The molecule has 0 amide bonds. The van der Waals surface area contributed by atoms with Crippen molar-refractivity contribution in [1.29, 1.82) is 0 Å². The van der Waals surface area contributed by atoms with Gasteiger partial charge in [0.25, 0.3) is 0 Å². The van der Waals surface area contributed by atoms with E-state index < -0.39 is 0 Å². The van der Waals surface area contributed by atoms with Gasteiger partial charge in [0, 0.05) is 10.2 Å². The van der Waals surface area contributed by atoms with Gasteiger partial charge in [0.1, 0.15) is 0 Å². The van der Waals surface area contributed by atoms with Crippen molar-refractivity contribution >= 4 is 38.9 Å². The van der Waals surface area contributed by atoms with E-state index in [1.807, 2.05) is 18.2 Å². The van der Waals surface area contributed by atoms with Crippen LogP contribution in [0, 0.1) is 13.8 Å². The highest BCUT2D eigenvalue weighted by Gasteiger charge is 2.07. The summed E-state index contributed by atoms with van der Waals surface area (Å²) in [6.07, 6.45) is 0. The maximum Gasteiger partial charge on any atom is 0.171 e. The van der Waals surface area contributed by atoms with Crippen LogP contribution < -0.4 is 10.6 Å². The van der Waals surface area contributed by atoms with Gasteiger partial charge in [0.05, 0.1) is 6.04 Å². The van der Waals surface area contributed by atoms with Crippen LogP contribution in [0.1, 0.15) is 29.7 Å². The van der Waals surface area contributed by atoms with Gasteiger partial charge in [-0.3, -0.25) is 0 Å². The van der Waals surface area contributed by atoms with E-state index >= 15 is 0 Å². The van der Waals surface area contributed by atoms with Crippen molar-refractivity contribution < 1.29 is 0 Å². The summed E-state index contributed by atoms with van der Waals surface area (Å²) in [4.78, 5) is 0. The Morgan fingerprint density at radius 3 is 2.33 bits per heavy atom. The fraction of sp³-hybridized carbons (Fsp3) is 0.235. The highest BCUT2D eigenvalue weighted by atomic mass is 79.9. The Balaban J connectivity index is 1.97. The van der Waals surface area contributed by atoms with E-state index in [-0.39, 0.29) is 6.04 Å². The minimum atomic E-state index is 0.157. The van der Waals surface area contributed by atoms with Crippen molar-refractivity contribution in [2.75, 3.05) is 5.32 Å². The van der Waals surface area contributed by atoms with E-state index in [4.69, 9.17) is 12.2 Å². The standard InChI is InChI=1S/C17H19BrN2S/c1-11-4-9-16(10-12(11)2)20-17(21)19-13(3)14-5-7-15(18)8-6-14/h4-10,13H,1-3H3,(H2,19,20,21)/t13-/m0/s1. The van der Waals surface area contributed by atoms with Crippen molar-refractivity contribution in [2.24, 2.45) is 0 Å². The zero-order valence-electron chi connectivity index (χ0n) is 12.4. The molecule has 2 rings (SSSR count). The minimum Gasteiger partial charge on any atom is -0.356 e. The third-order valence-corrected chi connectivity index (χ3v) is 4.23. The van der Waals surface area contributed by atoms with Gasteiger partial charge in [-0.1, -0.05) is 34.1 Å². The Labute approximate surface area is 140 Å². The molecular formula is C17H19BrN2S. The third-order valence-electron chi connectivity index (χ3n) is 3.48. The molecule has 110 valence electrons. The number of aryl methyl sites for hydroxylation is 2. The summed E-state index contributed by atoms with van der Waals surface area (Å²) in [6.45, 7) is 6.30. The summed E-state index contributed by atoms with van der Waals surface area (Å²) >= 11 is 8.83. The van der Waals surface area contributed by atoms with Crippen LogP contribution in [0.15, 0.2) is 46.9 Å². The molecule has 0 saturated heterocycles. The van der Waals surface area contributed by atoms with Gasteiger partial charge < -0.3 is 10.6 Å². The SMILES string of the molecule is Cc1ccc(NC(=S)N[C@@H](C)c2ccc(Br)cc2)cc1C. The van der Waals surface area contributed by atoms with Gasteiger partial charge in [0.15, 0.2) is 5.11 Å². The topological polar surface area (TPSA) is 24.1 Å². The molecule has 0 aliphatic rings. The second-order valence-electron chi connectivity index (χ2n) is 5.17. The van der Waals surface area contributed by atoms with Crippen LogP contribution in [0.25, 0.3) is 0 Å². The van der Waals surface area contributed by atoms with Crippen LogP contribution in [0.5, 0.6) is 0 Å². The number of hydrogen-bond donors (Lipinski definition) is 2. The maximum absolute atomic E-state index is 5.38. The van der Waals surface area contributed by atoms with E-state index in [1.54, 1.807) is 0 Å². The Hall–Kier alpha value is -1.39. The van der Waals surface area contributed by atoms with Gasteiger partial charge in [-0.05, 0) is 73.9 Å². The quantitative estimate of drug-likeness (QED) is 0.741. The van der Waals surface area contributed by atoms with Crippen molar-refractivity contribution in [3.8, 4) is 0 Å². The van der Waals surface area contributed by atoms with Crippen LogP contribution in [-0.4, -0.2) is 5.11 Å². The molecule has 1 atom stereocenters. The summed E-state index contributed by atoms with van der Waals surface area (Å²) in [7, 11) is 0. The third kappa shape index (κ3) is 4.55. The zero-order valence-corrected chi connectivity index (χ0v) is 14.8. The molecule has 2 aromatic carbocycles. The summed E-state index contributed by atoms with van der Waals surface area (Å²) in [5.41, 5.74) is 4.74. The van der Waals surface area contributed by atoms with Crippen molar-refractivity contribution in [2.45, 2.75) is 26.8 Å². The molecule has 2 aromatic rings. The first-order valence-electron chi connectivity index (χ1n) is 6.86. The van der Waals surface area contributed by atoms with Crippen LogP contribution >= 0.6 is 28.1 Å². The first kappa shape index (κ1) is 16.0. The second-order valence-corrected chi connectivity index (χ2v) is 6.49. The maximum atomic E-state index is 5.38. The van der Waals surface area contributed by atoms with Crippen LogP contribution in [0.4, 0.5) is 5.69 Å². The first-order chi connectivity index (χ1) is 9.95. The van der Waals surface area contributed by atoms with Crippen LogP contribution in [0.3, 0.4) is 0 Å². The molecule has 2 N–H and O–H groups in total. The van der Waals surface area contributed by atoms with Gasteiger partial charge >= 0.3 is 0 Å². The zero-order chi connectivity index (χ0) is 15.4. The lowest BCUT2D eigenvalue weighted by Crippen LogP contribution is -2.30. The highest BCUT2D eigenvalue weighted by molar-refractivity contribution is 9.10. The molecule has 0 fully saturated rings. The lowest BCUT2D eigenvalue weighted by atomic mass is 10.1. The van der Waals surface area contributed by atoms with Gasteiger partial charge in [-0.2, -0.15) is 0 Å². The number of benzene rings is 2. The second kappa shape index (κ2) is 7.05. The molecule has 0 saturated carbocycles. The molecule has 0 bridgehead atoms. The Bertz CT molecular complexity index is 638. The monoisotopic (exact) mass is 362 g/mol. The lowest BCUT2D eigenvalue weighted by molar-refractivity contribution is 0.722. The molecule has 0 aliphatic heterocycles. The van der Waals surface area contributed by atoms with Gasteiger partial charge in [0.2, 0.25) is 0 Å². The number of thiocarbonyl (C=S) groups is 1. The first-order valence-corrected chi connectivity index (χ1v) is 8.06. The van der Waals surface area contributed by atoms with E-state index in [9.17, 15) is 0 Å². The van der Waals surface area contributed by atoms with Crippen LogP contribution in [-0.2, 0) is 0 Å². The van der Waals surface area contributed by atoms with Crippen LogP contribution in [0.2, 0.25) is 0 Å². The smallest absolute Gasteiger partial charge is 0.171 e. The van der Waals surface area contributed by atoms with E-state index in [0.717, 1.165) is 10.2 Å². The summed E-state index contributed by atoms with van der Waals surface area (Å²) < 4.78 is 1.08. The predicted octanol–water partition coefficient (Wildman–Crippen LogP) is 5.11. The van der Waals surface area contributed by atoms with E-state index in [2.05, 4.69) is 71.6 Å². The number of rotatable bonds is 3. The number of nitrogens with one attached hydrogen (secondary N) is 2. The summed E-state index contributed by atoms with van der Waals surface area (Å²) in [5, 5.41) is 7.17.